The molecule has 6 nitrogen and oxygen atoms in total. The molecule has 1 aliphatic carbocycles. The summed E-state index contributed by atoms with van der Waals surface area (Å²) in [6.07, 6.45) is 8.03. The van der Waals surface area contributed by atoms with Crippen LogP contribution in [0.4, 0.5) is 0 Å². The third-order valence-electron chi connectivity index (χ3n) is 6.81. The van der Waals surface area contributed by atoms with Crippen LogP contribution >= 0.6 is 27.0 Å². The van der Waals surface area contributed by atoms with Gasteiger partial charge in [-0.05, 0) is 30.7 Å². The van der Waals surface area contributed by atoms with Crippen molar-refractivity contribution in [2.24, 2.45) is 5.92 Å². The Kier molecular flexibility index (Phi) is 10.6. The summed E-state index contributed by atoms with van der Waals surface area (Å²) in [5.74, 6) is 0.228. The predicted molar refractivity (Wildman–Crippen MR) is 134 cm³/mol. The number of ketones is 1. The maximum absolute atomic E-state index is 13.4. The van der Waals surface area contributed by atoms with E-state index in [4.69, 9.17) is 4.74 Å². The van der Waals surface area contributed by atoms with Gasteiger partial charge in [0.2, 0.25) is 11.8 Å². The molecule has 3 aliphatic rings. The van der Waals surface area contributed by atoms with Crippen molar-refractivity contribution in [3.63, 3.8) is 0 Å². The molecule has 3 fully saturated rings. The van der Waals surface area contributed by atoms with Crippen molar-refractivity contribution in [2.75, 3.05) is 13.2 Å². The lowest BCUT2D eigenvalue weighted by molar-refractivity contribution is -0.140. The van der Waals surface area contributed by atoms with Gasteiger partial charge in [-0.1, -0.05) is 62.4 Å². The van der Waals surface area contributed by atoms with Crippen LogP contribution < -0.4 is 5.32 Å². The first-order valence-electron chi connectivity index (χ1n) is 11.4. The van der Waals surface area contributed by atoms with Crippen LogP contribution in [-0.2, 0) is 25.5 Å². The SMILES string of the molecule is O=C(CCc1ccccc1)N[C@@H](CC1CCCCC1)C(=O)N1CC[C@H]2OCC(=O)[C@H]21.S.S. The minimum absolute atomic E-state index is 0. The van der Waals surface area contributed by atoms with E-state index in [9.17, 15) is 14.4 Å². The summed E-state index contributed by atoms with van der Waals surface area (Å²) in [6, 6.07) is 8.89. The highest BCUT2D eigenvalue weighted by Crippen LogP contribution is 2.31. The number of nitrogens with one attached hydrogen (secondary N) is 1. The number of nitrogens with zero attached hydrogens (tertiary/aromatic N) is 1. The molecule has 8 heteroatoms. The van der Waals surface area contributed by atoms with E-state index in [-0.39, 0.29) is 57.3 Å². The first kappa shape index (κ1) is 26.7. The lowest BCUT2D eigenvalue weighted by Crippen LogP contribution is -2.53. The third kappa shape index (κ3) is 6.51. The van der Waals surface area contributed by atoms with Gasteiger partial charge in [-0.15, -0.1) is 0 Å². The summed E-state index contributed by atoms with van der Waals surface area (Å²) >= 11 is 0. The fourth-order valence-electron chi connectivity index (χ4n) is 5.19. The molecule has 0 aromatic heterocycles. The largest absolute Gasteiger partial charge is 0.368 e. The van der Waals surface area contributed by atoms with Crippen LogP contribution in [0.15, 0.2) is 30.3 Å². The van der Waals surface area contributed by atoms with Gasteiger partial charge in [0.1, 0.15) is 18.7 Å². The molecule has 0 bridgehead atoms. The van der Waals surface area contributed by atoms with E-state index in [1.165, 1.54) is 19.3 Å². The Hall–Kier alpha value is -1.51. The standard InChI is InChI=1S/C24H32N2O4.2H2S/c27-20-16-30-21-13-14-26(23(20)21)24(29)19(15-18-9-5-2-6-10-18)25-22(28)12-11-17-7-3-1-4-8-17;;/h1,3-4,7-8,18-19,21,23H,2,5-6,9-16H2,(H,25,28);2*1H2/t19-,21+,23+;;/m0../s1. The van der Waals surface area contributed by atoms with E-state index >= 15 is 0 Å². The number of aryl methyl sites for hydroxylation is 1. The van der Waals surface area contributed by atoms with E-state index in [1.54, 1.807) is 4.90 Å². The topological polar surface area (TPSA) is 75.7 Å². The number of carbonyl (C=O) groups is 3. The average Bonchev–Trinajstić information content (AvgIpc) is 3.36. The second-order valence-electron chi connectivity index (χ2n) is 8.93. The van der Waals surface area contributed by atoms with Crippen molar-refractivity contribution in [3.05, 3.63) is 35.9 Å². The van der Waals surface area contributed by atoms with Crippen LogP contribution in [0, 0.1) is 5.92 Å². The smallest absolute Gasteiger partial charge is 0.245 e. The lowest BCUT2D eigenvalue weighted by atomic mass is 9.84. The van der Waals surface area contributed by atoms with Gasteiger partial charge in [0, 0.05) is 13.0 Å². The molecule has 32 heavy (non-hydrogen) atoms. The van der Waals surface area contributed by atoms with E-state index in [0.29, 0.717) is 38.1 Å². The molecule has 1 aromatic carbocycles. The lowest BCUT2D eigenvalue weighted by Gasteiger charge is -2.31. The Labute approximate surface area is 204 Å². The van der Waals surface area contributed by atoms with E-state index < -0.39 is 12.1 Å². The highest BCUT2D eigenvalue weighted by molar-refractivity contribution is 7.59. The molecule has 2 aliphatic heterocycles. The van der Waals surface area contributed by atoms with Gasteiger partial charge in [0.15, 0.2) is 5.78 Å². The normalized spacial score (nSPS) is 23.6. The Bertz CT molecular complexity index is 771. The molecule has 1 N–H and O–H groups in total. The molecule has 178 valence electrons. The predicted octanol–water partition coefficient (Wildman–Crippen LogP) is 2.87. The first-order chi connectivity index (χ1) is 14.6. The van der Waals surface area contributed by atoms with Crippen molar-refractivity contribution in [1.82, 2.24) is 10.2 Å². The zero-order valence-electron chi connectivity index (χ0n) is 18.6. The number of benzene rings is 1. The summed E-state index contributed by atoms with van der Waals surface area (Å²) in [5.41, 5.74) is 1.11. The van der Waals surface area contributed by atoms with Gasteiger partial charge in [-0.2, -0.15) is 27.0 Å². The van der Waals surface area contributed by atoms with Gasteiger partial charge in [-0.3, -0.25) is 14.4 Å². The molecular weight excluding hydrogens is 444 g/mol. The Morgan fingerprint density at radius 2 is 1.78 bits per heavy atom. The molecule has 1 aromatic rings. The van der Waals surface area contributed by atoms with Crippen molar-refractivity contribution in [3.8, 4) is 0 Å². The summed E-state index contributed by atoms with van der Waals surface area (Å²) in [5, 5.41) is 3.02. The molecule has 2 saturated heterocycles. The second kappa shape index (κ2) is 12.7. The fraction of sp³-hybridized carbons (Fsp3) is 0.625. The molecule has 0 spiro atoms. The van der Waals surface area contributed by atoms with Gasteiger partial charge in [-0.25, -0.2) is 0 Å². The third-order valence-corrected chi connectivity index (χ3v) is 6.81. The zero-order chi connectivity index (χ0) is 20.9. The Balaban J connectivity index is 0.00000181. The summed E-state index contributed by atoms with van der Waals surface area (Å²) in [7, 11) is 0. The van der Waals surface area contributed by atoms with Crippen LogP contribution in [0.1, 0.15) is 56.9 Å². The number of amides is 2. The number of Topliss-reactive ketones (excluding diaryl/α,β-unsaturated/α-hetero) is 1. The molecular formula is C24H36N2O4S2. The number of carbonyl (C=O) groups excluding carboxylic acids is 3. The van der Waals surface area contributed by atoms with Crippen molar-refractivity contribution >= 4 is 44.6 Å². The summed E-state index contributed by atoms with van der Waals surface area (Å²) in [6.45, 7) is 0.622. The highest BCUT2D eigenvalue weighted by Gasteiger charge is 2.48. The summed E-state index contributed by atoms with van der Waals surface area (Å²) < 4.78 is 5.54. The van der Waals surface area contributed by atoms with Crippen molar-refractivity contribution < 1.29 is 19.1 Å². The molecule has 3 atom stereocenters. The van der Waals surface area contributed by atoms with Gasteiger partial charge in [0.05, 0.1) is 6.10 Å². The van der Waals surface area contributed by atoms with Crippen LogP contribution in [-0.4, -0.2) is 53.8 Å². The van der Waals surface area contributed by atoms with Crippen LogP contribution in [0.25, 0.3) is 0 Å². The van der Waals surface area contributed by atoms with E-state index in [1.807, 2.05) is 30.3 Å². The molecule has 4 rings (SSSR count). The van der Waals surface area contributed by atoms with Gasteiger partial charge >= 0.3 is 0 Å². The number of ether oxygens (including phenoxy) is 1. The number of likely N-dealkylation sites (tertiary alicyclic amines) is 1. The number of fused-ring (bicyclic) bond motifs is 1. The van der Waals surface area contributed by atoms with E-state index in [0.717, 1.165) is 18.4 Å². The fourth-order valence-corrected chi connectivity index (χ4v) is 5.19. The second-order valence-corrected chi connectivity index (χ2v) is 8.93. The van der Waals surface area contributed by atoms with Gasteiger partial charge < -0.3 is 15.0 Å². The monoisotopic (exact) mass is 480 g/mol. The van der Waals surface area contributed by atoms with Crippen LogP contribution in [0.3, 0.4) is 0 Å². The summed E-state index contributed by atoms with van der Waals surface area (Å²) in [4.78, 5) is 40.1. The molecule has 0 unspecified atom stereocenters. The number of hydrogen-bond donors (Lipinski definition) is 1. The van der Waals surface area contributed by atoms with Crippen molar-refractivity contribution in [2.45, 2.75) is 76.0 Å². The first-order valence-corrected chi connectivity index (χ1v) is 11.4. The molecule has 2 heterocycles. The molecule has 1 saturated carbocycles. The Morgan fingerprint density at radius 3 is 2.50 bits per heavy atom. The van der Waals surface area contributed by atoms with Crippen molar-refractivity contribution in [1.29, 1.82) is 0 Å². The number of rotatable bonds is 7. The van der Waals surface area contributed by atoms with Crippen LogP contribution in [0.5, 0.6) is 0 Å². The van der Waals surface area contributed by atoms with Gasteiger partial charge in [0.25, 0.3) is 0 Å². The number of hydrogen-bond acceptors (Lipinski definition) is 4. The van der Waals surface area contributed by atoms with E-state index in [2.05, 4.69) is 5.32 Å². The Morgan fingerprint density at radius 1 is 1.06 bits per heavy atom. The molecule has 0 radical (unpaired) electrons. The van der Waals surface area contributed by atoms with Crippen LogP contribution in [0.2, 0.25) is 0 Å². The minimum atomic E-state index is -0.552. The molecule has 2 amide bonds. The average molecular weight is 481 g/mol. The maximum atomic E-state index is 13.4. The maximum Gasteiger partial charge on any atom is 0.245 e. The minimum Gasteiger partial charge on any atom is -0.368 e. The highest BCUT2D eigenvalue weighted by atomic mass is 32.1. The quantitative estimate of drug-likeness (QED) is 0.651. The zero-order valence-corrected chi connectivity index (χ0v) is 20.6.